The van der Waals surface area contributed by atoms with Gasteiger partial charge in [0.05, 0.1) is 13.2 Å². The van der Waals surface area contributed by atoms with Crippen LogP contribution in [0, 0.1) is 11.8 Å². The predicted molar refractivity (Wildman–Crippen MR) is 107 cm³/mol. The Morgan fingerprint density at radius 3 is 2.61 bits per heavy atom. The predicted octanol–water partition coefficient (Wildman–Crippen LogP) is 3.42. The highest BCUT2D eigenvalue weighted by Crippen LogP contribution is 2.10. The lowest BCUT2D eigenvalue weighted by Gasteiger charge is -2.22. The fourth-order valence-electron chi connectivity index (χ4n) is 2.27. The summed E-state index contributed by atoms with van der Waals surface area (Å²) in [6.07, 6.45) is 1.14. The Kier molecular flexibility index (Phi) is 9.55. The van der Waals surface area contributed by atoms with E-state index in [9.17, 15) is 0 Å². The molecule has 2 atom stereocenters. The first-order valence-electron chi connectivity index (χ1n) is 8.31. The van der Waals surface area contributed by atoms with Gasteiger partial charge in [-0.25, -0.2) is 4.99 Å². The molecule has 23 heavy (non-hydrogen) atoms. The van der Waals surface area contributed by atoms with Gasteiger partial charge in [-0.1, -0.05) is 44.2 Å². The number of nitrogens with zero attached hydrogens (tertiary/aromatic N) is 1. The van der Waals surface area contributed by atoms with E-state index in [0.717, 1.165) is 32.1 Å². The zero-order valence-corrected chi connectivity index (χ0v) is 16.7. The van der Waals surface area contributed by atoms with Crippen LogP contribution in [-0.2, 0) is 11.3 Å². The van der Waals surface area contributed by atoms with Gasteiger partial charge in [0.25, 0.3) is 0 Å². The van der Waals surface area contributed by atoms with Crippen molar-refractivity contribution in [3.63, 3.8) is 0 Å². The molecule has 0 spiro atoms. The molecule has 1 aliphatic rings. The van der Waals surface area contributed by atoms with Crippen LogP contribution in [0.2, 0.25) is 0 Å². The van der Waals surface area contributed by atoms with E-state index in [-0.39, 0.29) is 24.0 Å². The monoisotopic (exact) mass is 431 g/mol. The summed E-state index contributed by atoms with van der Waals surface area (Å²) in [5.41, 5.74) is 1.23. The van der Waals surface area contributed by atoms with Crippen molar-refractivity contribution >= 4 is 29.9 Å². The molecule has 2 unspecified atom stereocenters. The Balaban J connectivity index is 0.00000264. The lowest BCUT2D eigenvalue weighted by molar-refractivity contribution is 0.186. The van der Waals surface area contributed by atoms with Crippen LogP contribution in [0.5, 0.6) is 0 Å². The molecular formula is C18H30IN3O. The van der Waals surface area contributed by atoms with E-state index in [1.165, 1.54) is 5.56 Å². The maximum atomic E-state index is 5.44. The van der Waals surface area contributed by atoms with Crippen LogP contribution in [0.1, 0.15) is 32.8 Å². The minimum Gasteiger partial charge on any atom is -0.381 e. The van der Waals surface area contributed by atoms with Gasteiger partial charge in [0.15, 0.2) is 5.96 Å². The number of halogens is 1. The maximum Gasteiger partial charge on any atom is 0.191 e. The standard InChI is InChI=1S/C18H29N3O.HI/c1-14(2)15(3)21-18(20-12-17-9-10-22-13-17)19-11-16-7-5-4-6-8-16;/h4-8,14-15,17H,9-13H2,1-3H3,(H2,19,20,21);1H. The lowest BCUT2D eigenvalue weighted by Crippen LogP contribution is -2.45. The van der Waals surface area contributed by atoms with Crippen molar-refractivity contribution in [3.8, 4) is 0 Å². The van der Waals surface area contributed by atoms with Crippen molar-refractivity contribution in [3.05, 3.63) is 35.9 Å². The molecule has 5 heteroatoms. The summed E-state index contributed by atoms with van der Waals surface area (Å²) in [4.78, 5) is 4.73. The third kappa shape index (κ3) is 7.52. The number of aliphatic imine (C=N–C) groups is 1. The molecule has 0 saturated carbocycles. The highest BCUT2D eigenvalue weighted by molar-refractivity contribution is 14.0. The van der Waals surface area contributed by atoms with Crippen LogP contribution >= 0.6 is 24.0 Å². The second-order valence-corrected chi connectivity index (χ2v) is 6.44. The summed E-state index contributed by atoms with van der Waals surface area (Å²) in [5.74, 6) is 2.06. The quantitative estimate of drug-likeness (QED) is 0.412. The number of benzene rings is 1. The molecule has 1 saturated heterocycles. The molecule has 4 nitrogen and oxygen atoms in total. The Labute approximate surface area is 157 Å². The molecule has 1 aromatic carbocycles. The van der Waals surface area contributed by atoms with Crippen molar-refractivity contribution in [2.45, 2.75) is 39.8 Å². The first-order valence-corrected chi connectivity index (χ1v) is 8.31. The van der Waals surface area contributed by atoms with E-state index in [2.05, 4.69) is 55.7 Å². The molecule has 130 valence electrons. The van der Waals surface area contributed by atoms with Gasteiger partial charge in [0, 0.05) is 25.1 Å². The van der Waals surface area contributed by atoms with Crippen molar-refractivity contribution < 1.29 is 4.74 Å². The zero-order chi connectivity index (χ0) is 15.8. The second kappa shape index (κ2) is 10.9. The minimum atomic E-state index is 0. The number of guanidine groups is 1. The molecular weight excluding hydrogens is 401 g/mol. The van der Waals surface area contributed by atoms with Gasteiger partial charge < -0.3 is 15.4 Å². The molecule has 2 rings (SSSR count). The summed E-state index contributed by atoms with van der Waals surface area (Å²) in [7, 11) is 0. The average Bonchev–Trinajstić information content (AvgIpc) is 3.04. The number of rotatable bonds is 6. The van der Waals surface area contributed by atoms with Crippen molar-refractivity contribution in [2.75, 3.05) is 19.8 Å². The van der Waals surface area contributed by atoms with Crippen LogP contribution < -0.4 is 10.6 Å². The molecule has 0 radical (unpaired) electrons. The number of hydrogen-bond donors (Lipinski definition) is 2. The Morgan fingerprint density at radius 2 is 2.00 bits per heavy atom. The Hall–Kier alpha value is -0.820. The van der Waals surface area contributed by atoms with Gasteiger partial charge in [-0.05, 0) is 24.8 Å². The average molecular weight is 431 g/mol. The van der Waals surface area contributed by atoms with Crippen molar-refractivity contribution in [1.29, 1.82) is 0 Å². The Morgan fingerprint density at radius 1 is 1.26 bits per heavy atom. The first kappa shape index (κ1) is 20.2. The SMILES string of the molecule is CC(C)C(C)NC(=NCc1ccccc1)NCC1CCOC1.I. The molecule has 1 heterocycles. The maximum absolute atomic E-state index is 5.44. The van der Waals surface area contributed by atoms with Crippen LogP contribution in [-0.4, -0.2) is 31.8 Å². The molecule has 0 aromatic heterocycles. The summed E-state index contributed by atoms with van der Waals surface area (Å²) in [6, 6.07) is 10.7. The molecule has 0 bridgehead atoms. The molecule has 0 amide bonds. The summed E-state index contributed by atoms with van der Waals surface area (Å²) < 4.78 is 5.44. The van der Waals surface area contributed by atoms with Crippen LogP contribution in [0.25, 0.3) is 0 Å². The molecule has 2 N–H and O–H groups in total. The molecule has 1 aliphatic heterocycles. The zero-order valence-electron chi connectivity index (χ0n) is 14.4. The van der Waals surface area contributed by atoms with Gasteiger partial charge in [-0.2, -0.15) is 0 Å². The van der Waals surface area contributed by atoms with Crippen LogP contribution in [0.15, 0.2) is 35.3 Å². The largest absolute Gasteiger partial charge is 0.381 e. The topological polar surface area (TPSA) is 45.7 Å². The van der Waals surface area contributed by atoms with Crippen molar-refractivity contribution in [1.82, 2.24) is 10.6 Å². The Bertz CT molecular complexity index is 459. The third-order valence-electron chi connectivity index (χ3n) is 4.21. The summed E-state index contributed by atoms with van der Waals surface area (Å²) in [6.45, 7) is 10.0. The van der Waals surface area contributed by atoms with Gasteiger partial charge in [0.1, 0.15) is 0 Å². The van der Waals surface area contributed by atoms with Crippen molar-refractivity contribution in [2.24, 2.45) is 16.8 Å². The molecule has 0 aliphatic carbocycles. The smallest absolute Gasteiger partial charge is 0.191 e. The number of hydrogen-bond acceptors (Lipinski definition) is 2. The van der Waals surface area contributed by atoms with E-state index >= 15 is 0 Å². The van der Waals surface area contributed by atoms with E-state index in [1.807, 2.05) is 6.07 Å². The summed E-state index contributed by atoms with van der Waals surface area (Å²) in [5, 5.41) is 6.99. The van der Waals surface area contributed by atoms with E-state index in [0.29, 0.717) is 24.4 Å². The first-order chi connectivity index (χ1) is 10.6. The lowest BCUT2D eigenvalue weighted by atomic mass is 10.1. The highest BCUT2D eigenvalue weighted by atomic mass is 127. The minimum absolute atomic E-state index is 0. The number of ether oxygens (including phenoxy) is 1. The fourth-order valence-corrected chi connectivity index (χ4v) is 2.27. The highest BCUT2D eigenvalue weighted by Gasteiger charge is 2.16. The van der Waals surface area contributed by atoms with Crippen LogP contribution in [0.3, 0.4) is 0 Å². The fraction of sp³-hybridized carbons (Fsp3) is 0.611. The third-order valence-corrected chi connectivity index (χ3v) is 4.21. The van der Waals surface area contributed by atoms with Gasteiger partial charge in [-0.15, -0.1) is 24.0 Å². The van der Waals surface area contributed by atoms with Gasteiger partial charge in [-0.3, -0.25) is 0 Å². The van der Waals surface area contributed by atoms with E-state index in [1.54, 1.807) is 0 Å². The van der Waals surface area contributed by atoms with Gasteiger partial charge in [0.2, 0.25) is 0 Å². The van der Waals surface area contributed by atoms with Gasteiger partial charge >= 0.3 is 0 Å². The summed E-state index contributed by atoms with van der Waals surface area (Å²) >= 11 is 0. The van der Waals surface area contributed by atoms with E-state index < -0.39 is 0 Å². The van der Waals surface area contributed by atoms with E-state index in [4.69, 9.17) is 9.73 Å². The van der Waals surface area contributed by atoms with Crippen LogP contribution in [0.4, 0.5) is 0 Å². The number of nitrogens with one attached hydrogen (secondary N) is 2. The second-order valence-electron chi connectivity index (χ2n) is 6.44. The molecule has 1 aromatic rings. The normalized spacial score (nSPS) is 19.3. The molecule has 1 fully saturated rings.